The van der Waals surface area contributed by atoms with E-state index in [-0.39, 0.29) is 23.7 Å². The maximum atomic E-state index is 14.4. The molecule has 0 spiro atoms. The van der Waals surface area contributed by atoms with Gasteiger partial charge in [0.05, 0.1) is 5.41 Å². The van der Waals surface area contributed by atoms with Gasteiger partial charge in [-0.15, -0.1) is 0 Å². The third-order valence-corrected chi connectivity index (χ3v) is 5.41. The van der Waals surface area contributed by atoms with Crippen LogP contribution in [0.15, 0.2) is 48.5 Å². The van der Waals surface area contributed by atoms with Gasteiger partial charge in [-0.05, 0) is 43.9 Å². The number of hydrogen-bond donors (Lipinski definition) is 1. The van der Waals surface area contributed by atoms with Crippen LogP contribution in [0.3, 0.4) is 0 Å². The van der Waals surface area contributed by atoms with E-state index in [1.165, 1.54) is 13.0 Å². The predicted molar refractivity (Wildman–Crippen MR) is 108 cm³/mol. The summed E-state index contributed by atoms with van der Waals surface area (Å²) >= 11 is 0. The highest BCUT2D eigenvalue weighted by atomic mass is 19.1. The van der Waals surface area contributed by atoms with Gasteiger partial charge in [0.1, 0.15) is 5.82 Å². The smallest absolute Gasteiger partial charge is 0.228 e. The standard InChI is InChI=1S/C23H27FN2O2/c1-16(2)25-22(28)23(12-13-26(15-23)17(3)27)14-18-8-4-5-9-19(18)20-10-6-7-11-21(20)24/h4-11,16H,12-15H2,1-3H3,(H,25,28). The highest BCUT2D eigenvalue weighted by Crippen LogP contribution is 2.38. The Bertz CT molecular complexity index is 880. The van der Waals surface area contributed by atoms with E-state index in [0.717, 1.165) is 11.1 Å². The Kier molecular flexibility index (Phi) is 5.82. The van der Waals surface area contributed by atoms with Crippen LogP contribution in [0.1, 0.15) is 32.8 Å². The van der Waals surface area contributed by atoms with E-state index in [1.807, 2.05) is 44.2 Å². The molecule has 0 aromatic heterocycles. The fraction of sp³-hybridized carbons (Fsp3) is 0.391. The molecule has 0 saturated carbocycles. The number of carbonyl (C=O) groups excluding carboxylic acids is 2. The summed E-state index contributed by atoms with van der Waals surface area (Å²) < 4.78 is 14.4. The van der Waals surface area contributed by atoms with Gasteiger partial charge < -0.3 is 10.2 Å². The molecule has 4 nitrogen and oxygen atoms in total. The molecule has 28 heavy (non-hydrogen) atoms. The molecule has 1 atom stereocenters. The minimum atomic E-state index is -0.711. The second-order valence-corrected chi connectivity index (χ2v) is 7.91. The molecule has 5 heteroatoms. The van der Waals surface area contributed by atoms with Crippen molar-refractivity contribution in [1.29, 1.82) is 0 Å². The Morgan fingerprint density at radius 3 is 2.36 bits per heavy atom. The first-order valence-electron chi connectivity index (χ1n) is 9.72. The van der Waals surface area contributed by atoms with E-state index < -0.39 is 5.41 Å². The number of benzene rings is 2. The van der Waals surface area contributed by atoms with Gasteiger partial charge in [-0.1, -0.05) is 42.5 Å². The van der Waals surface area contributed by atoms with Crippen LogP contribution in [0.2, 0.25) is 0 Å². The quantitative estimate of drug-likeness (QED) is 0.855. The topological polar surface area (TPSA) is 49.4 Å². The van der Waals surface area contributed by atoms with Gasteiger partial charge in [0.25, 0.3) is 0 Å². The molecule has 148 valence electrons. The highest BCUT2D eigenvalue weighted by Gasteiger charge is 2.45. The zero-order chi connectivity index (χ0) is 20.3. The molecule has 1 heterocycles. The number of hydrogen-bond acceptors (Lipinski definition) is 2. The Labute approximate surface area is 165 Å². The molecule has 1 aliphatic heterocycles. The molecule has 1 saturated heterocycles. The third-order valence-electron chi connectivity index (χ3n) is 5.41. The van der Waals surface area contributed by atoms with E-state index in [4.69, 9.17) is 0 Å². The fourth-order valence-corrected chi connectivity index (χ4v) is 3.95. The summed E-state index contributed by atoms with van der Waals surface area (Å²) in [6, 6.07) is 14.3. The lowest BCUT2D eigenvalue weighted by atomic mass is 9.78. The third kappa shape index (κ3) is 4.08. The van der Waals surface area contributed by atoms with Crippen LogP contribution in [0.5, 0.6) is 0 Å². The second kappa shape index (κ2) is 8.13. The first-order chi connectivity index (χ1) is 13.3. The monoisotopic (exact) mass is 382 g/mol. The van der Waals surface area contributed by atoms with E-state index in [2.05, 4.69) is 5.32 Å². The largest absolute Gasteiger partial charge is 0.353 e. The fourth-order valence-electron chi connectivity index (χ4n) is 3.95. The molecule has 1 aliphatic rings. The molecule has 2 aromatic rings. The van der Waals surface area contributed by atoms with Crippen LogP contribution < -0.4 is 5.32 Å². The molecular weight excluding hydrogens is 355 g/mol. The first kappa shape index (κ1) is 20.1. The van der Waals surface area contributed by atoms with Gasteiger partial charge in [0.2, 0.25) is 11.8 Å². The molecule has 1 N–H and O–H groups in total. The second-order valence-electron chi connectivity index (χ2n) is 7.91. The van der Waals surface area contributed by atoms with E-state index in [0.29, 0.717) is 31.5 Å². The zero-order valence-corrected chi connectivity index (χ0v) is 16.7. The van der Waals surface area contributed by atoms with E-state index >= 15 is 0 Å². The molecular formula is C23H27FN2O2. The molecule has 0 bridgehead atoms. The predicted octanol–water partition coefficient (Wildman–Crippen LogP) is 3.80. The van der Waals surface area contributed by atoms with Crippen molar-refractivity contribution < 1.29 is 14.0 Å². The average Bonchev–Trinajstić information content (AvgIpc) is 3.08. The number of rotatable bonds is 5. The van der Waals surface area contributed by atoms with Gasteiger partial charge in [-0.25, -0.2) is 4.39 Å². The van der Waals surface area contributed by atoms with Crippen molar-refractivity contribution in [2.75, 3.05) is 13.1 Å². The minimum absolute atomic E-state index is 0.0116. The van der Waals surface area contributed by atoms with Crippen molar-refractivity contribution in [1.82, 2.24) is 10.2 Å². The number of halogens is 1. The van der Waals surface area contributed by atoms with Crippen molar-refractivity contribution >= 4 is 11.8 Å². The van der Waals surface area contributed by atoms with Gasteiger partial charge >= 0.3 is 0 Å². The summed E-state index contributed by atoms with van der Waals surface area (Å²) in [5, 5.41) is 3.02. The van der Waals surface area contributed by atoms with Crippen molar-refractivity contribution in [2.24, 2.45) is 5.41 Å². The minimum Gasteiger partial charge on any atom is -0.353 e. The van der Waals surface area contributed by atoms with E-state index in [9.17, 15) is 14.0 Å². The molecule has 1 unspecified atom stereocenters. The number of amides is 2. The summed E-state index contributed by atoms with van der Waals surface area (Å²) in [5.74, 6) is -0.358. The van der Waals surface area contributed by atoms with Crippen molar-refractivity contribution in [3.8, 4) is 11.1 Å². The van der Waals surface area contributed by atoms with Gasteiger partial charge in [-0.3, -0.25) is 9.59 Å². The van der Waals surface area contributed by atoms with Crippen LogP contribution in [0, 0.1) is 11.2 Å². The number of nitrogens with one attached hydrogen (secondary N) is 1. The Balaban J connectivity index is 2.00. The summed E-state index contributed by atoms with van der Waals surface area (Å²) in [6.45, 7) is 6.33. The lowest BCUT2D eigenvalue weighted by Gasteiger charge is -2.30. The van der Waals surface area contributed by atoms with Gasteiger partial charge in [0.15, 0.2) is 0 Å². The van der Waals surface area contributed by atoms with E-state index in [1.54, 1.807) is 17.0 Å². The maximum Gasteiger partial charge on any atom is 0.228 e. The average molecular weight is 382 g/mol. The van der Waals surface area contributed by atoms with Crippen LogP contribution in [-0.2, 0) is 16.0 Å². The van der Waals surface area contributed by atoms with Gasteiger partial charge in [0, 0.05) is 31.6 Å². The van der Waals surface area contributed by atoms with Crippen molar-refractivity contribution in [3.63, 3.8) is 0 Å². The highest BCUT2D eigenvalue weighted by molar-refractivity contribution is 5.86. The zero-order valence-electron chi connectivity index (χ0n) is 16.7. The van der Waals surface area contributed by atoms with Crippen LogP contribution in [0.4, 0.5) is 4.39 Å². The Morgan fingerprint density at radius 1 is 1.11 bits per heavy atom. The molecule has 0 radical (unpaired) electrons. The molecule has 0 aliphatic carbocycles. The molecule has 3 rings (SSSR count). The molecule has 2 amide bonds. The maximum absolute atomic E-state index is 14.4. The SMILES string of the molecule is CC(=O)N1CCC(Cc2ccccc2-c2ccccc2F)(C(=O)NC(C)C)C1. The normalized spacial score (nSPS) is 19.1. The van der Waals surface area contributed by atoms with Crippen LogP contribution in [0.25, 0.3) is 11.1 Å². The number of nitrogens with zero attached hydrogens (tertiary/aromatic N) is 1. The molecule has 1 fully saturated rings. The lowest BCUT2D eigenvalue weighted by molar-refractivity contribution is -0.132. The van der Waals surface area contributed by atoms with Crippen molar-refractivity contribution in [2.45, 2.75) is 39.7 Å². The summed E-state index contributed by atoms with van der Waals surface area (Å²) in [6.07, 6.45) is 1.05. The first-order valence-corrected chi connectivity index (χ1v) is 9.72. The lowest BCUT2D eigenvalue weighted by Crippen LogP contribution is -2.47. The Morgan fingerprint density at radius 2 is 1.75 bits per heavy atom. The summed E-state index contributed by atoms with van der Waals surface area (Å²) in [4.78, 5) is 26.8. The summed E-state index contributed by atoms with van der Waals surface area (Å²) in [7, 11) is 0. The Hall–Kier alpha value is -2.69. The number of likely N-dealkylation sites (tertiary alicyclic amines) is 1. The summed E-state index contributed by atoms with van der Waals surface area (Å²) in [5.41, 5.74) is 1.52. The molecule has 2 aromatic carbocycles. The number of carbonyl (C=O) groups is 2. The van der Waals surface area contributed by atoms with Crippen LogP contribution >= 0.6 is 0 Å². The van der Waals surface area contributed by atoms with Gasteiger partial charge in [-0.2, -0.15) is 0 Å². The van der Waals surface area contributed by atoms with Crippen LogP contribution in [-0.4, -0.2) is 35.8 Å². The van der Waals surface area contributed by atoms with Crippen molar-refractivity contribution in [3.05, 3.63) is 59.9 Å².